The SMILES string of the molecule is CCN1CC[N+](C)=C1/[N+]([O-])=C\c1ccccc1CCc1ccccc1N=C([O-])c1n(CC)cc[n+]1C. The Morgan fingerprint density at radius 3 is 2.47 bits per heavy atom. The molecule has 8 nitrogen and oxygen atoms in total. The molecule has 0 bridgehead atoms. The first-order chi connectivity index (χ1) is 17.4. The number of hydrogen-bond donors (Lipinski definition) is 0. The fourth-order valence-electron chi connectivity index (χ4n) is 4.70. The molecule has 0 fully saturated rings. The van der Waals surface area contributed by atoms with Gasteiger partial charge in [-0.25, -0.2) is 9.13 Å². The van der Waals surface area contributed by atoms with Crippen molar-refractivity contribution in [1.82, 2.24) is 9.47 Å². The number of nitrogens with zero attached hydrogens (tertiary/aromatic N) is 6. The van der Waals surface area contributed by atoms with Gasteiger partial charge in [0.25, 0.3) is 5.82 Å². The van der Waals surface area contributed by atoms with Crippen LogP contribution in [0.2, 0.25) is 0 Å². The minimum absolute atomic E-state index is 0.259. The highest BCUT2D eigenvalue weighted by atomic mass is 16.5. The summed E-state index contributed by atoms with van der Waals surface area (Å²) >= 11 is 0. The number of likely N-dealkylation sites (N-methyl/N-ethyl adjacent to an activating group) is 2. The standard InChI is InChI=1S/C28H35N6O2/c1-5-32-19-17-30(3)27(32)26(35)29-25-14-10-9-12-23(25)16-15-22-11-7-8-13-24(22)21-34(36)28-31(4)18-20-33(28)6-2/h7-14,17,19,21H,5-6,15-16,18,20H2,1-4H3/q+1/b34-21+. The van der Waals surface area contributed by atoms with Gasteiger partial charge in [0.2, 0.25) is 0 Å². The van der Waals surface area contributed by atoms with E-state index in [1.165, 1.54) is 0 Å². The lowest BCUT2D eigenvalue weighted by Gasteiger charge is -2.13. The summed E-state index contributed by atoms with van der Waals surface area (Å²) in [4.78, 5) is 6.56. The van der Waals surface area contributed by atoms with Crippen LogP contribution in [0.1, 0.15) is 36.4 Å². The Hall–Kier alpha value is -3.94. The number of guanidine groups is 1. The summed E-state index contributed by atoms with van der Waals surface area (Å²) in [5, 5.41) is 26.1. The van der Waals surface area contributed by atoms with E-state index in [0.29, 0.717) is 30.4 Å². The smallest absolute Gasteiger partial charge is 0.528 e. The van der Waals surface area contributed by atoms with Crippen LogP contribution < -0.4 is 9.67 Å². The van der Waals surface area contributed by atoms with Gasteiger partial charge in [-0.1, -0.05) is 42.5 Å². The molecule has 1 aliphatic heterocycles. The van der Waals surface area contributed by atoms with Crippen molar-refractivity contribution in [3.8, 4) is 0 Å². The number of aryl methyl sites for hydroxylation is 4. The van der Waals surface area contributed by atoms with Gasteiger partial charge >= 0.3 is 5.96 Å². The van der Waals surface area contributed by atoms with Crippen molar-refractivity contribution in [3.05, 3.63) is 88.6 Å². The minimum atomic E-state index is -0.259. The molecule has 0 unspecified atom stereocenters. The van der Waals surface area contributed by atoms with Gasteiger partial charge in [-0.05, 0) is 43.9 Å². The first-order valence-corrected chi connectivity index (χ1v) is 12.5. The van der Waals surface area contributed by atoms with Gasteiger partial charge in [0.15, 0.2) is 13.1 Å². The van der Waals surface area contributed by atoms with Gasteiger partial charge in [0, 0.05) is 5.56 Å². The number of aliphatic imine (C=N–C) groups is 1. The third-order valence-electron chi connectivity index (χ3n) is 6.71. The summed E-state index contributed by atoms with van der Waals surface area (Å²) in [5.74, 6) is 0.976. The zero-order chi connectivity index (χ0) is 25.7. The van der Waals surface area contributed by atoms with Crippen LogP contribution in [0.4, 0.5) is 5.69 Å². The molecular formula is C28H35N6O2+. The summed E-state index contributed by atoms with van der Waals surface area (Å²) in [6.45, 7) is 7.27. The van der Waals surface area contributed by atoms with Crippen molar-refractivity contribution >= 4 is 23.8 Å². The van der Waals surface area contributed by atoms with Crippen LogP contribution in [0.5, 0.6) is 0 Å². The predicted molar refractivity (Wildman–Crippen MR) is 140 cm³/mol. The van der Waals surface area contributed by atoms with Crippen LogP contribution in [0.25, 0.3) is 0 Å². The van der Waals surface area contributed by atoms with Gasteiger partial charge in [-0.3, -0.25) is 4.99 Å². The lowest BCUT2D eigenvalue weighted by Crippen LogP contribution is -2.40. The number of hydrogen-bond acceptors (Lipinski definition) is 4. The van der Waals surface area contributed by atoms with Crippen molar-refractivity contribution < 1.29 is 19.0 Å². The van der Waals surface area contributed by atoms with Crippen LogP contribution in [0.15, 0.2) is 65.9 Å². The second-order valence-corrected chi connectivity index (χ2v) is 9.02. The third kappa shape index (κ3) is 5.32. The summed E-state index contributed by atoms with van der Waals surface area (Å²) in [6.07, 6.45) is 6.86. The molecule has 0 amide bonds. The molecule has 0 spiro atoms. The van der Waals surface area contributed by atoms with Gasteiger partial charge in [0.1, 0.15) is 32.2 Å². The molecule has 188 valence electrons. The van der Waals surface area contributed by atoms with Gasteiger partial charge in [-0.2, -0.15) is 14.2 Å². The highest BCUT2D eigenvalue weighted by Crippen LogP contribution is 2.22. The maximum Gasteiger partial charge on any atom is 0.528 e. The highest BCUT2D eigenvalue weighted by molar-refractivity contribution is 5.88. The minimum Gasteiger partial charge on any atom is -0.853 e. The molecule has 3 aromatic rings. The largest absolute Gasteiger partial charge is 0.853 e. The maximum atomic E-state index is 13.1. The molecule has 2 heterocycles. The molecule has 36 heavy (non-hydrogen) atoms. The number of para-hydroxylation sites is 1. The second-order valence-electron chi connectivity index (χ2n) is 9.02. The average Bonchev–Trinajstić information content (AvgIpc) is 3.45. The van der Waals surface area contributed by atoms with Crippen LogP contribution in [-0.4, -0.2) is 63.5 Å². The van der Waals surface area contributed by atoms with Crippen molar-refractivity contribution in [2.45, 2.75) is 33.2 Å². The van der Waals surface area contributed by atoms with Crippen LogP contribution in [0, 0.1) is 5.21 Å². The van der Waals surface area contributed by atoms with Crippen LogP contribution >= 0.6 is 0 Å². The highest BCUT2D eigenvalue weighted by Gasteiger charge is 2.35. The number of hydroxylamine groups is 1. The molecule has 0 aliphatic carbocycles. The molecule has 0 saturated carbocycles. The first kappa shape index (κ1) is 25.2. The summed E-state index contributed by atoms with van der Waals surface area (Å²) in [7, 11) is 3.81. The second kappa shape index (κ2) is 11.2. The number of benzene rings is 2. The van der Waals surface area contributed by atoms with Gasteiger partial charge in [-0.15, -0.1) is 0 Å². The Labute approximate surface area is 213 Å². The van der Waals surface area contributed by atoms with E-state index in [1.807, 2.05) is 85.0 Å². The average molecular weight is 488 g/mol. The van der Waals surface area contributed by atoms with E-state index >= 15 is 0 Å². The lowest BCUT2D eigenvalue weighted by molar-refractivity contribution is -0.674. The van der Waals surface area contributed by atoms with Gasteiger partial charge < -0.3 is 10.3 Å². The van der Waals surface area contributed by atoms with E-state index in [2.05, 4.69) is 22.9 Å². The summed E-state index contributed by atoms with van der Waals surface area (Å²) in [5.41, 5.74) is 3.66. The molecular weight excluding hydrogens is 452 g/mol. The topological polar surface area (TPSA) is 76.5 Å². The molecule has 0 N–H and O–H groups in total. The Kier molecular flexibility index (Phi) is 7.83. The molecule has 2 aromatic carbocycles. The molecule has 1 aliphatic rings. The van der Waals surface area contributed by atoms with Crippen LogP contribution in [-0.2, 0) is 26.4 Å². The first-order valence-electron chi connectivity index (χ1n) is 12.5. The van der Waals surface area contributed by atoms with E-state index in [0.717, 1.165) is 47.5 Å². The van der Waals surface area contributed by atoms with E-state index in [9.17, 15) is 10.3 Å². The monoisotopic (exact) mass is 487 g/mol. The Morgan fingerprint density at radius 2 is 1.72 bits per heavy atom. The molecule has 8 heteroatoms. The van der Waals surface area contributed by atoms with E-state index in [4.69, 9.17) is 0 Å². The third-order valence-corrected chi connectivity index (χ3v) is 6.71. The fourth-order valence-corrected chi connectivity index (χ4v) is 4.70. The van der Waals surface area contributed by atoms with Crippen LogP contribution in [0.3, 0.4) is 0 Å². The number of imidazole rings is 1. The number of aromatic nitrogens is 2. The Morgan fingerprint density at radius 1 is 1.03 bits per heavy atom. The van der Waals surface area contributed by atoms with E-state index in [-0.39, 0.29) is 5.90 Å². The van der Waals surface area contributed by atoms with Gasteiger partial charge in [0.05, 0.1) is 25.2 Å². The van der Waals surface area contributed by atoms with E-state index in [1.54, 1.807) is 10.8 Å². The Balaban J connectivity index is 1.58. The van der Waals surface area contributed by atoms with Crippen molar-refractivity contribution in [1.29, 1.82) is 0 Å². The zero-order valence-electron chi connectivity index (χ0n) is 21.6. The summed E-state index contributed by atoms with van der Waals surface area (Å²) < 4.78 is 6.69. The molecule has 4 rings (SSSR count). The Bertz CT molecular complexity index is 1320. The van der Waals surface area contributed by atoms with Crippen molar-refractivity contribution in [2.75, 3.05) is 26.7 Å². The van der Waals surface area contributed by atoms with E-state index < -0.39 is 0 Å². The summed E-state index contributed by atoms with van der Waals surface area (Å²) in [6, 6.07) is 15.7. The quantitative estimate of drug-likeness (QED) is 0.160. The molecule has 1 aromatic heterocycles. The maximum absolute atomic E-state index is 13.1. The predicted octanol–water partition coefficient (Wildman–Crippen LogP) is 1.82. The van der Waals surface area contributed by atoms with Crippen molar-refractivity contribution in [2.24, 2.45) is 12.0 Å². The molecule has 0 radical (unpaired) electrons. The zero-order valence-corrected chi connectivity index (χ0v) is 21.6. The fraction of sp³-hybridized carbons (Fsp3) is 0.357. The number of rotatable bonds is 8. The van der Waals surface area contributed by atoms with Crippen molar-refractivity contribution in [3.63, 3.8) is 0 Å². The lowest BCUT2D eigenvalue weighted by atomic mass is 9.99. The molecule has 0 atom stereocenters. The normalized spacial score (nSPS) is 14.7. The molecule has 0 saturated heterocycles.